The third-order valence-electron chi connectivity index (χ3n) is 7.92. The molecule has 1 amide bonds. The van der Waals surface area contributed by atoms with E-state index in [4.69, 9.17) is 5.21 Å². The molecule has 1 aromatic rings. The lowest BCUT2D eigenvalue weighted by atomic mass is 9.49. The van der Waals surface area contributed by atoms with E-state index in [1.165, 1.54) is 45.1 Å². The van der Waals surface area contributed by atoms with Gasteiger partial charge in [-0.3, -0.25) is 19.9 Å². The highest BCUT2D eigenvalue weighted by molar-refractivity contribution is 5.93. The molecular weight excluding hydrogens is 338 g/mol. The minimum absolute atomic E-state index is 0.445. The first kappa shape index (κ1) is 17.6. The van der Waals surface area contributed by atoms with Gasteiger partial charge in [0.05, 0.1) is 5.56 Å². The van der Waals surface area contributed by atoms with E-state index in [1.54, 1.807) is 11.7 Å². The highest BCUT2D eigenvalue weighted by atomic mass is 16.5. The minimum atomic E-state index is -0.476. The van der Waals surface area contributed by atoms with Gasteiger partial charge in [0.25, 0.3) is 5.91 Å². The van der Waals surface area contributed by atoms with Crippen LogP contribution < -0.4 is 5.48 Å². The van der Waals surface area contributed by atoms with Crippen molar-refractivity contribution in [1.29, 1.82) is 0 Å². The molecule has 4 fully saturated rings. The van der Waals surface area contributed by atoms with Crippen LogP contribution in [-0.2, 0) is 13.0 Å². The van der Waals surface area contributed by atoms with Crippen LogP contribution in [0.2, 0.25) is 0 Å². The number of hydrogen-bond donors (Lipinski definition) is 2. The summed E-state index contributed by atoms with van der Waals surface area (Å²) in [5.41, 5.74) is 4.99. The van der Waals surface area contributed by atoms with E-state index in [0.29, 0.717) is 17.0 Å². The van der Waals surface area contributed by atoms with E-state index in [0.717, 1.165) is 48.4 Å². The Labute approximate surface area is 161 Å². The molecule has 0 aromatic carbocycles. The summed E-state index contributed by atoms with van der Waals surface area (Å²) in [5.74, 6) is 2.47. The van der Waals surface area contributed by atoms with Crippen LogP contribution in [0, 0.1) is 23.2 Å². The summed E-state index contributed by atoms with van der Waals surface area (Å²) in [6.45, 7) is 4.38. The number of nitrogens with one attached hydrogen (secondary N) is 1. The van der Waals surface area contributed by atoms with Crippen molar-refractivity contribution in [2.45, 2.75) is 70.9 Å². The van der Waals surface area contributed by atoms with Crippen molar-refractivity contribution in [2.75, 3.05) is 6.54 Å². The molecule has 27 heavy (non-hydrogen) atoms. The van der Waals surface area contributed by atoms with Crippen molar-refractivity contribution in [3.05, 3.63) is 29.1 Å². The smallest absolute Gasteiger partial charge is 0.276 e. The zero-order valence-corrected chi connectivity index (χ0v) is 16.3. The number of rotatable bonds is 4. The van der Waals surface area contributed by atoms with Crippen LogP contribution in [0.15, 0.2) is 12.3 Å². The zero-order valence-electron chi connectivity index (χ0n) is 16.3. The number of carbonyl (C=O) groups excluding carboxylic acids is 1. The van der Waals surface area contributed by atoms with Crippen molar-refractivity contribution >= 4 is 5.91 Å². The highest BCUT2D eigenvalue weighted by Crippen LogP contribution is 2.60. The fourth-order valence-electron chi connectivity index (χ4n) is 7.25. The van der Waals surface area contributed by atoms with Crippen LogP contribution in [0.25, 0.3) is 0 Å². The number of pyridine rings is 1. The average molecular weight is 370 g/mol. The predicted molar refractivity (Wildman–Crippen MR) is 102 cm³/mol. The lowest BCUT2D eigenvalue weighted by molar-refractivity contribution is -0.0774. The molecule has 5 heteroatoms. The van der Waals surface area contributed by atoms with Crippen molar-refractivity contribution in [3.63, 3.8) is 0 Å². The molecule has 5 nitrogen and oxygen atoms in total. The Bertz CT molecular complexity index is 712. The molecule has 146 valence electrons. The SMILES string of the molecule is CC[C@H]1Cc2ncc(C(=O)NO)cc2CN1CC12CC3CC(CC(C3)C1)C2. The number of hydroxylamine groups is 1. The number of amides is 1. The molecule has 2 N–H and O–H groups in total. The van der Waals surface area contributed by atoms with E-state index in [9.17, 15) is 4.79 Å². The Hall–Kier alpha value is -1.46. The second-order valence-corrected chi connectivity index (χ2v) is 9.86. The average Bonchev–Trinajstić information content (AvgIpc) is 2.65. The normalized spacial score (nSPS) is 37.3. The summed E-state index contributed by atoms with van der Waals surface area (Å²) >= 11 is 0. The summed E-state index contributed by atoms with van der Waals surface area (Å²) in [6.07, 6.45) is 12.5. The number of hydrogen-bond acceptors (Lipinski definition) is 4. The van der Waals surface area contributed by atoms with E-state index in [-0.39, 0.29) is 0 Å². The third kappa shape index (κ3) is 3.09. The first-order valence-corrected chi connectivity index (χ1v) is 10.7. The Kier molecular flexibility index (Phi) is 4.28. The molecule has 0 radical (unpaired) electrons. The first-order chi connectivity index (χ1) is 13.1. The van der Waals surface area contributed by atoms with Gasteiger partial charge < -0.3 is 0 Å². The van der Waals surface area contributed by atoms with Gasteiger partial charge in [0.2, 0.25) is 0 Å². The van der Waals surface area contributed by atoms with Gasteiger partial charge in [-0.15, -0.1) is 0 Å². The van der Waals surface area contributed by atoms with Crippen LogP contribution in [0.4, 0.5) is 0 Å². The lowest BCUT2D eigenvalue weighted by Crippen LogP contribution is -2.53. The summed E-state index contributed by atoms with van der Waals surface area (Å²) in [7, 11) is 0. The molecular formula is C22H31N3O2. The quantitative estimate of drug-likeness (QED) is 0.629. The molecule has 1 atom stereocenters. The Morgan fingerprint density at radius 3 is 2.52 bits per heavy atom. The number of carbonyl (C=O) groups is 1. The Morgan fingerprint density at radius 2 is 1.93 bits per heavy atom. The summed E-state index contributed by atoms with van der Waals surface area (Å²) < 4.78 is 0. The maximum Gasteiger partial charge on any atom is 0.276 e. The molecule has 4 bridgehead atoms. The predicted octanol–water partition coefficient (Wildman–Crippen LogP) is 3.55. The van der Waals surface area contributed by atoms with Crippen molar-refractivity contribution in [1.82, 2.24) is 15.4 Å². The van der Waals surface area contributed by atoms with Crippen molar-refractivity contribution in [2.24, 2.45) is 23.2 Å². The molecule has 0 spiro atoms. The van der Waals surface area contributed by atoms with Crippen LogP contribution in [0.1, 0.15) is 73.5 Å². The first-order valence-electron chi connectivity index (χ1n) is 10.7. The van der Waals surface area contributed by atoms with E-state index < -0.39 is 5.91 Å². The summed E-state index contributed by atoms with van der Waals surface area (Å²) in [5, 5.41) is 8.93. The van der Waals surface area contributed by atoms with Gasteiger partial charge in [0.15, 0.2) is 0 Å². The largest absolute Gasteiger partial charge is 0.295 e. The molecule has 0 unspecified atom stereocenters. The van der Waals surface area contributed by atoms with Crippen LogP contribution in [0.5, 0.6) is 0 Å². The number of nitrogens with zero attached hydrogens (tertiary/aromatic N) is 2. The molecule has 6 rings (SSSR count). The monoisotopic (exact) mass is 369 g/mol. The fraction of sp³-hybridized carbons (Fsp3) is 0.727. The zero-order chi connectivity index (χ0) is 18.6. The van der Waals surface area contributed by atoms with Gasteiger partial charge >= 0.3 is 0 Å². The Morgan fingerprint density at radius 1 is 1.26 bits per heavy atom. The van der Waals surface area contributed by atoms with Gasteiger partial charge in [-0.1, -0.05) is 6.92 Å². The van der Waals surface area contributed by atoms with Crippen LogP contribution in [-0.4, -0.2) is 33.6 Å². The second-order valence-electron chi connectivity index (χ2n) is 9.86. The molecule has 0 saturated heterocycles. The maximum atomic E-state index is 11.8. The highest BCUT2D eigenvalue weighted by Gasteiger charge is 2.51. The molecule has 1 aliphatic heterocycles. The van der Waals surface area contributed by atoms with E-state index >= 15 is 0 Å². The topological polar surface area (TPSA) is 65.5 Å². The molecule has 1 aromatic heterocycles. The van der Waals surface area contributed by atoms with E-state index in [2.05, 4.69) is 16.8 Å². The van der Waals surface area contributed by atoms with Crippen molar-refractivity contribution < 1.29 is 10.0 Å². The second kappa shape index (κ2) is 6.56. The summed E-state index contributed by atoms with van der Waals surface area (Å²) in [6, 6.07) is 2.47. The maximum absolute atomic E-state index is 11.8. The van der Waals surface area contributed by atoms with Gasteiger partial charge in [-0.05, 0) is 79.7 Å². The standard InChI is InChI=1S/C22H31N3O2/c1-2-19-7-20-18(6-17(11-23-20)21(26)24-27)12-25(19)13-22-8-14-3-15(9-22)5-16(4-14)10-22/h6,11,14-16,19,27H,2-5,7-10,12-13H2,1H3,(H,24,26)/t14?,15?,16?,19-,22?/m0/s1. The van der Waals surface area contributed by atoms with Gasteiger partial charge in [-0.2, -0.15) is 0 Å². The van der Waals surface area contributed by atoms with Gasteiger partial charge in [0, 0.05) is 37.4 Å². The summed E-state index contributed by atoms with van der Waals surface area (Å²) in [4.78, 5) is 19.0. The number of fused-ring (bicyclic) bond motifs is 1. The minimum Gasteiger partial charge on any atom is -0.295 e. The van der Waals surface area contributed by atoms with Crippen LogP contribution in [0.3, 0.4) is 0 Å². The van der Waals surface area contributed by atoms with Gasteiger partial charge in [0.1, 0.15) is 0 Å². The van der Waals surface area contributed by atoms with Crippen molar-refractivity contribution in [3.8, 4) is 0 Å². The fourth-order valence-corrected chi connectivity index (χ4v) is 7.25. The lowest BCUT2D eigenvalue weighted by Gasteiger charge is -2.58. The molecule has 4 saturated carbocycles. The Balaban J connectivity index is 1.39. The van der Waals surface area contributed by atoms with Crippen LogP contribution >= 0.6 is 0 Å². The third-order valence-corrected chi connectivity index (χ3v) is 7.92. The molecule has 4 aliphatic carbocycles. The molecule has 5 aliphatic rings. The number of aromatic nitrogens is 1. The van der Waals surface area contributed by atoms with Gasteiger partial charge in [-0.25, -0.2) is 5.48 Å². The molecule has 2 heterocycles. The van der Waals surface area contributed by atoms with E-state index in [1.807, 2.05) is 6.07 Å².